The van der Waals surface area contributed by atoms with Crippen LogP contribution in [0.4, 0.5) is 4.79 Å². The Labute approximate surface area is 205 Å². The lowest BCUT2D eigenvalue weighted by Gasteiger charge is -2.33. The van der Waals surface area contributed by atoms with Crippen molar-refractivity contribution < 1.29 is 23.9 Å². The first-order chi connectivity index (χ1) is 17.0. The van der Waals surface area contributed by atoms with E-state index in [-0.39, 0.29) is 24.5 Å². The normalized spacial score (nSPS) is 18.4. The number of ether oxygens (including phenoxy) is 2. The van der Waals surface area contributed by atoms with Crippen molar-refractivity contribution in [2.75, 3.05) is 6.61 Å². The largest absolute Gasteiger partial charge is 0.450 e. The number of benzene rings is 2. The van der Waals surface area contributed by atoms with E-state index in [9.17, 15) is 14.4 Å². The molecule has 2 fully saturated rings. The van der Waals surface area contributed by atoms with E-state index in [0.717, 1.165) is 54.4 Å². The quantitative estimate of drug-likeness (QED) is 0.527. The molecule has 2 atom stereocenters. The molecule has 0 aliphatic heterocycles. The molecule has 2 saturated carbocycles. The molecule has 2 amide bonds. The summed E-state index contributed by atoms with van der Waals surface area (Å²) in [5.74, 6) is -0.568. The molecule has 2 N–H and O–H groups in total. The first-order valence-electron chi connectivity index (χ1n) is 12.6. The molecule has 2 aromatic carbocycles. The molecule has 0 heterocycles. The van der Waals surface area contributed by atoms with Gasteiger partial charge in [0.2, 0.25) is 0 Å². The van der Waals surface area contributed by atoms with Crippen LogP contribution in [0.2, 0.25) is 0 Å². The molecule has 7 nitrogen and oxygen atoms in total. The lowest BCUT2D eigenvalue weighted by Crippen LogP contribution is -2.54. The average molecular weight is 477 g/mol. The fourth-order valence-corrected chi connectivity index (χ4v) is 5.15. The van der Waals surface area contributed by atoms with Gasteiger partial charge >= 0.3 is 12.1 Å². The number of fused-ring (bicyclic) bond motifs is 3. The SMILES string of the molecule is CC(=O)OC(C(=O)NC1CC1)C(CC1CCC1)NC(=O)OCC1c2ccccc2-c2ccccc21. The van der Waals surface area contributed by atoms with E-state index in [4.69, 9.17) is 9.47 Å². The minimum atomic E-state index is -1.07. The molecule has 2 aromatic rings. The predicted molar refractivity (Wildman–Crippen MR) is 131 cm³/mol. The minimum Gasteiger partial charge on any atom is -0.450 e. The number of esters is 1. The van der Waals surface area contributed by atoms with Crippen molar-refractivity contribution in [3.63, 3.8) is 0 Å². The standard InChI is InChI=1S/C28H32N2O5/c1-17(31)35-26(27(32)29-19-13-14-19)25(15-18-7-6-8-18)30-28(33)34-16-24-22-11-4-2-9-20(22)21-10-3-5-12-23(21)24/h2-5,9-12,18-19,24-26H,6-8,13-16H2,1H3,(H,29,32)(H,30,33). The Morgan fingerprint density at radius 2 is 1.57 bits per heavy atom. The van der Waals surface area contributed by atoms with Crippen molar-refractivity contribution in [1.29, 1.82) is 0 Å². The lowest BCUT2D eigenvalue weighted by atomic mass is 9.80. The van der Waals surface area contributed by atoms with Gasteiger partial charge in [0.25, 0.3) is 5.91 Å². The van der Waals surface area contributed by atoms with Gasteiger partial charge in [0.05, 0.1) is 6.04 Å². The molecule has 7 heteroatoms. The van der Waals surface area contributed by atoms with Crippen LogP contribution in [0.3, 0.4) is 0 Å². The average Bonchev–Trinajstić information content (AvgIpc) is 3.57. The van der Waals surface area contributed by atoms with Gasteiger partial charge in [-0.3, -0.25) is 9.59 Å². The molecule has 0 aromatic heterocycles. The summed E-state index contributed by atoms with van der Waals surface area (Å²) in [6, 6.07) is 15.8. The van der Waals surface area contributed by atoms with Crippen LogP contribution in [0.5, 0.6) is 0 Å². The molecule has 2 unspecified atom stereocenters. The van der Waals surface area contributed by atoms with E-state index in [0.29, 0.717) is 12.3 Å². The number of hydrogen-bond donors (Lipinski definition) is 2. The summed E-state index contributed by atoms with van der Waals surface area (Å²) in [6.07, 6.45) is 3.95. The minimum absolute atomic E-state index is 0.0549. The second kappa shape index (κ2) is 10.1. The highest BCUT2D eigenvalue weighted by Gasteiger charge is 2.38. The van der Waals surface area contributed by atoms with Crippen LogP contribution in [0, 0.1) is 5.92 Å². The fourth-order valence-electron chi connectivity index (χ4n) is 5.15. The number of carbonyl (C=O) groups excluding carboxylic acids is 3. The second-order valence-electron chi connectivity index (χ2n) is 9.92. The van der Waals surface area contributed by atoms with Gasteiger partial charge in [-0.05, 0) is 47.4 Å². The third-order valence-corrected chi connectivity index (χ3v) is 7.30. The lowest BCUT2D eigenvalue weighted by molar-refractivity contribution is -0.156. The molecule has 35 heavy (non-hydrogen) atoms. The summed E-state index contributed by atoms with van der Waals surface area (Å²) in [5, 5.41) is 5.78. The molecule has 0 spiro atoms. The Hall–Kier alpha value is -3.35. The predicted octanol–water partition coefficient (Wildman–Crippen LogP) is 4.29. The zero-order chi connectivity index (χ0) is 24.4. The van der Waals surface area contributed by atoms with Crippen LogP contribution in [0.15, 0.2) is 48.5 Å². The Balaban J connectivity index is 1.28. The summed E-state index contributed by atoms with van der Waals surface area (Å²) in [7, 11) is 0. The van der Waals surface area contributed by atoms with Crippen LogP contribution in [-0.4, -0.2) is 42.8 Å². The molecular formula is C28H32N2O5. The third kappa shape index (κ3) is 5.34. The summed E-state index contributed by atoms with van der Waals surface area (Å²) in [4.78, 5) is 37.7. The highest BCUT2D eigenvalue weighted by atomic mass is 16.6. The molecule has 0 bridgehead atoms. The Kier molecular flexibility index (Phi) is 6.75. The number of hydrogen-bond acceptors (Lipinski definition) is 5. The summed E-state index contributed by atoms with van der Waals surface area (Å²) >= 11 is 0. The van der Waals surface area contributed by atoms with E-state index < -0.39 is 24.2 Å². The van der Waals surface area contributed by atoms with Crippen molar-refractivity contribution in [3.05, 3.63) is 59.7 Å². The first kappa shape index (κ1) is 23.4. The van der Waals surface area contributed by atoms with Crippen LogP contribution in [0.25, 0.3) is 11.1 Å². The maximum absolute atomic E-state index is 13.0. The van der Waals surface area contributed by atoms with Gasteiger partial charge in [0.15, 0.2) is 6.10 Å². The molecule has 3 aliphatic carbocycles. The van der Waals surface area contributed by atoms with E-state index in [1.54, 1.807) is 0 Å². The van der Waals surface area contributed by atoms with Crippen molar-refractivity contribution in [1.82, 2.24) is 10.6 Å². The second-order valence-corrected chi connectivity index (χ2v) is 9.92. The van der Waals surface area contributed by atoms with Crippen LogP contribution in [0.1, 0.15) is 62.5 Å². The topological polar surface area (TPSA) is 93.7 Å². The highest BCUT2D eigenvalue weighted by molar-refractivity contribution is 5.85. The number of nitrogens with one attached hydrogen (secondary N) is 2. The summed E-state index contributed by atoms with van der Waals surface area (Å²) in [6.45, 7) is 1.47. The molecule has 5 rings (SSSR count). The first-order valence-corrected chi connectivity index (χ1v) is 12.6. The molecule has 0 radical (unpaired) electrons. The van der Waals surface area contributed by atoms with E-state index >= 15 is 0 Å². The number of carbonyl (C=O) groups is 3. The zero-order valence-corrected chi connectivity index (χ0v) is 20.0. The summed E-state index contributed by atoms with van der Waals surface area (Å²) in [5.41, 5.74) is 4.58. The third-order valence-electron chi connectivity index (χ3n) is 7.30. The number of alkyl carbamates (subject to hydrolysis) is 1. The van der Waals surface area contributed by atoms with Gasteiger partial charge in [-0.25, -0.2) is 4.79 Å². The van der Waals surface area contributed by atoms with Gasteiger partial charge in [0, 0.05) is 18.9 Å². The molecule has 0 saturated heterocycles. The Morgan fingerprint density at radius 3 is 2.11 bits per heavy atom. The Bertz CT molecular complexity index is 1060. The van der Waals surface area contributed by atoms with E-state index in [1.165, 1.54) is 6.92 Å². The number of amides is 2. The monoisotopic (exact) mass is 476 g/mol. The van der Waals surface area contributed by atoms with Crippen LogP contribution in [-0.2, 0) is 19.1 Å². The van der Waals surface area contributed by atoms with Gasteiger partial charge in [0.1, 0.15) is 6.61 Å². The van der Waals surface area contributed by atoms with Crippen molar-refractivity contribution in [2.24, 2.45) is 5.92 Å². The van der Waals surface area contributed by atoms with E-state index in [2.05, 4.69) is 34.9 Å². The summed E-state index contributed by atoms with van der Waals surface area (Å²) < 4.78 is 11.1. The van der Waals surface area contributed by atoms with E-state index in [1.807, 2.05) is 24.3 Å². The highest BCUT2D eigenvalue weighted by Crippen LogP contribution is 2.44. The number of rotatable bonds is 9. The van der Waals surface area contributed by atoms with Crippen LogP contribution < -0.4 is 10.6 Å². The van der Waals surface area contributed by atoms with Crippen LogP contribution >= 0.6 is 0 Å². The van der Waals surface area contributed by atoms with Crippen molar-refractivity contribution in [2.45, 2.75) is 69.6 Å². The van der Waals surface area contributed by atoms with Gasteiger partial charge in [-0.1, -0.05) is 67.8 Å². The zero-order valence-electron chi connectivity index (χ0n) is 20.0. The van der Waals surface area contributed by atoms with Gasteiger partial charge in [-0.2, -0.15) is 0 Å². The van der Waals surface area contributed by atoms with Gasteiger partial charge < -0.3 is 20.1 Å². The maximum Gasteiger partial charge on any atom is 0.407 e. The van der Waals surface area contributed by atoms with Crippen molar-refractivity contribution >= 4 is 18.0 Å². The fraction of sp³-hybridized carbons (Fsp3) is 0.464. The smallest absolute Gasteiger partial charge is 0.407 e. The Morgan fingerprint density at radius 1 is 0.943 bits per heavy atom. The van der Waals surface area contributed by atoms with Gasteiger partial charge in [-0.15, -0.1) is 0 Å². The molecular weight excluding hydrogens is 444 g/mol. The molecule has 3 aliphatic rings. The van der Waals surface area contributed by atoms with Crippen molar-refractivity contribution in [3.8, 4) is 11.1 Å². The maximum atomic E-state index is 13.0. The molecule has 184 valence electrons.